The Morgan fingerprint density at radius 1 is 1.38 bits per heavy atom. The van der Waals surface area contributed by atoms with Gasteiger partial charge in [-0.05, 0) is 43.0 Å². The second-order valence-corrected chi connectivity index (χ2v) is 7.90. The van der Waals surface area contributed by atoms with Gasteiger partial charge in [0.15, 0.2) is 0 Å². The minimum atomic E-state index is -3.10. The van der Waals surface area contributed by atoms with Gasteiger partial charge in [0, 0.05) is 24.9 Å². The van der Waals surface area contributed by atoms with Crippen molar-refractivity contribution in [1.29, 1.82) is 0 Å². The molecule has 1 atom stereocenters. The zero-order valence-corrected chi connectivity index (χ0v) is 13.5. The molecule has 0 fully saturated rings. The van der Waals surface area contributed by atoms with Gasteiger partial charge in [-0.15, -0.1) is 0 Å². The fraction of sp³-hybridized carbons (Fsp3) is 0.438. The van der Waals surface area contributed by atoms with Gasteiger partial charge in [-0.25, -0.2) is 8.42 Å². The van der Waals surface area contributed by atoms with Crippen LogP contribution in [0, 0.1) is 0 Å². The van der Waals surface area contributed by atoms with Gasteiger partial charge in [-0.2, -0.15) is 0 Å². The number of fused-ring (bicyclic) bond motifs is 1. The van der Waals surface area contributed by atoms with Gasteiger partial charge < -0.3 is 4.90 Å². The number of allylic oxidation sites excluding steroid dienone is 1. The summed E-state index contributed by atoms with van der Waals surface area (Å²) in [4.78, 5) is 14.0. The first kappa shape index (κ1) is 15.8. The molecule has 1 aromatic carbocycles. The zero-order chi connectivity index (χ0) is 15.6. The van der Waals surface area contributed by atoms with Crippen LogP contribution in [0.5, 0.6) is 0 Å². The summed E-state index contributed by atoms with van der Waals surface area (Å²) in [5.41, 5.74) is 2.95. The van der Waals surface area contributed by atoms with Crippen molar-refractivity contribution in [3.63, 3.8) is 0 Å². The molecular formula is C16H21NO3S. The highest BCUT2D eigenvalue weighted by atomic mass is 32.2. The molecule has 1 aliphatic carbocycles. The highest BCUT2D eigenvalue weighted by Gasteiger charge is 2.21. The average molecular weight is 307 g/mol. The number of benzene rings is 1. The first-order valence-corrected chi connectivity index (χ1v) is 9.08. The lowest BCUT2D eigenvalue weighted by Crippen LogP contribution is -2.39. The molecule has 0 N–H and O–H groups in total. The Labute approximate surface area is 126 Å². The minimum absolute atomic E-state index is 0.0249. The van der Waals surface area contributed by atoms with Crippen molar-refractivity contribution in [1.82, 2.24) is 4.90 Å². The molecule has 0 saturated carbocycles. The van der Waals surface area contributed by atoms with Crippen molar-refractivity contribution in [2.24, 2.45) is 0 Å². The van der Waals surface area contributed by atoms with Gasteiger partial charge in [0.05, 0.1) is 5.75 Å². The van der Waals surface area contributed by atoms with Crippen LogP contribution in [0.25, 0.3) is 6.08 Å². The Morgan fingerprint density at radius 3 is 2.76 bits per heavy atom. The topological polar surface area (TPSA) is 54.5 Å². The van der Waals surface area contributed by atoms with E-state index in [-0.39, 0.29) is 17.7 Å². The lowest BCUT2D eigenvalue weighted by Gasteiger charge is -2.25. The van der Waals surface area contributed by atoms with Crippen molar-refractivity contribution in [2.75, 3.05) is 19.1 Å². The van der Waals surface area contributed by atoms with Crippen molar-refractivity contribution in [3.05, 3.63) is 41.0 Å². The second kappa shape index (κ2) is 6.02. The minimum Gasteiger partial charge on any atom is -0.338 e. The van der Waals surface area contributed by atoms with Crippen molar-refractivity contribution < 1.29 is 13.2 Å². The Balaban J connectivity index is 2.18. The molecule has 1 aromatic rings. The Bertz CT molecular complexity index is 677. The van der Waals surface area contributed by atoms with E-state index in [0.29, 0.717) is 5.56 Å². The summed E-state index contributed by atoms with van der Waals surface area (Å²) in [6, 6.07) is 5.34. The summed E-state index contributed by atoms with van der Waals surface area (Å²) in [6.45, 7) is 1.75. The van der Waals surface area contributed by atoms with Crippen LogP contribution >= 0.6 is 0 Å². The molecule has 114 valence electrons. The predicted octanol–water partition coefficient (Wildman–Crippen LogP) is 2.15. The summed E-state index contributed by atoms with van der Waals surface area (Å²) < 4.78 is 22.7. The number of hydrogen-bond acceptors (Lipinski definition) is 3. The number of rotatable bonds is 4. The van der Waals surface area contributed by atoms with Crippen molar-refractivity contribution in [3.8, 4) is 0 Å². The second-order valence-electron chi connectivity index (χ2n) is 5.71. The molecule has 1 aliphatic rings. The van der Waals surface area contributed by atoms with E-state index in [4.69, 9.17) is 0 Å². The highest BCUT2D eigenvalue weighted by Crippen LogP contribution is 2.21. The summed E-state index contributed by atoms with van der Waals surface area (Å²) in [7, 11) is -1.45. The van der Waals surface area contributed by atoms with Crippen LogP contribution in [0.1, 0.15) is 34.8 Å². The van der Waals surface area contributed by atoms with E-state index in [1.165, 1.54) is 16.7 Å². The van der Waals surface area contributed by atoms with Crippen LogP contribution in [0.4, 0.5) is 0 Å². The van der Waals surface area contributed by atoms with Gasteiger partial charge in [-0.1, -0.05) is 18.2 Å². The maximum absolute atomic E-state index is 12.5. The third kappa shape index (κ3) is 3.94. The van der Waals surface area contributed by atoms with Gasteiger partial charge in [0.1, 0.15) is 9.84 Å². The molecule has 0 spiro atoms. The maximum atomic E-state index is 12.5. The van der Waals surface area contributed by atoms with Crippen molar-refractivity contribution >= 4 is 21.8 Å². The number of carbonyl (C=O) groups excluding carboxylic acids is 1. The van der Waals surface area contributed by atoms with E-state index in [0.717, 1.165) is 18.4 Å². The Kier molecular flexibility index (Phi) is 4.52. The summed E-state index contributed by atoms with van der Waals surface area (Å²) in [6.07, 6.45) is 7.32. The molecule has 4 nitrogen and oxygen atoms in total. The number of nitrogens with zero attached hydrogens (tertiary/aromatic N) is 1. The SMILES string of the molecule is CC(CS(C)(=O)=O)N(C)C(=O)c1ccc2c(c1)CCC=C2. The number of sulfone groups is 1. The van der Waals surface area contributed by atoms with Gasteiger partial charge in [0.2, 0.25) is 0 Å². The Morgan fingerprint density at radius 2 is 2.10 bits per heavy atom. The molecule has 0 bridgehead atoms. The van der Waals surface area contributed by atoms with Gasteiger partial charge >= 0.3 is 0 Å². The third-order valence-corrected chi connectivity index (χ3v) is 4.88. The molecule has 2 rings (SSSR count). The normalized spacial score (nSPS) is 15.4. The summed E-state index contributed by atoms with van der Waals surface area (Å²) in [5.74, 6) is -0.161. The zero-order valence-electron chi connectivity index (χ0n) is 12.7. The quantitative estimate of drug-likeness (QED) is 0.856. The van der Waals surface area contributed by atoms with Crippen LogP contribution in [-0.4, -0.2) is 44.3 Å². The molecule has 0 saturated heterocycles. The van der Waals surface area contributed by atoms with E-state index in [2.05, 4.69) is 12.2 Å². The molecule has 1 amide bonds. The molecule has 0 aliphatic heterocycles. The highest BCUT2D eigenvalue weighted by molar-refractivity contribution is 7.90. The van der Waals surface area contributed by atoms with Crippen LogP contribution in [0.15, 0.2) is 24.3 Å². The third-order valence-electron chi connectivity index (χ3n) is 3.79. The lowest BCUT2D eigenvalue weighted by atomic mass is 9.95. The molecule has 0 aromatic heterocycles. The van der Waals surface area contributed by atoms with E-state index >= 15 is 0 Å². The van der Waals surface area contributed by atoms with Crippen LogP contribution < -0.4 is 0 Å². The molecule has 21 heavy (non-hydrogen) atoms. The molecule has 0 radical (unpaired) electrons. The van der Waals surface area contributed by atoms with Crippen molar-refractivity contribution in [2.45, 2.75) is 25.8 Å². The largest absolute Gasteiger partial charge is 0.338 e. The van der Waals surface area contributed by atoms with Crippen LogP contribution in [0.3, 0.4) is 0 Å². The fourth-order valence-corrected chi connectivity index (χ4v) is 3.62. The molecular weight excluding hydrogens is 286 g/mol. The van der Waals surface area contributed by atoms with Gasteiger partial charge in [0.25, 0.3) is 5.91 Å². The smallest absolute Gasteiger partial charge is 0.253 e. The van der Waals surface area contributed by atoms with Gasteiger partial charge in [-0.3, -0.25) is 4.79 Å². The first-order valence-electron chi connectivity index (χ1n) is 7.02. The number of amides is 1. The molecule has 0 heterocycles. The number of carbonyl (C=O) groups is 1. The number of hydrogen-bond donors (Lipinski definition) is 0. The maximum Gasteiger partial charge on any atom is 0.253 e. The standard InChI is InChI=1S/C16H21NO3S/c1-12(11-21(3,19)20)17(2)16(18)15-9-8-13-6-4-5-7-14(13)10-15/h4,6,8-10,12H,5,7,11H2,1-3H3. The monoisotopic (exact) mass is 307 g/mol. The molecule has 1 unspecified atom stereocenters. The lowest BCUT2D eigenvalue weighted by molar-refractivity contribution is 0.0756. The number of aryl methyl sites for hydroxylation is 1. The van der Waals surface area contributed by atoms with E-state index in [9.17, 15) is 13.2 Å². The average Bonchev–Trinajstić information content (AvgIpc) is 2.43. The van der Waals surface area contributed by atoms with E-state index in [1.54, 1.807) is 20.0 Å². The first-order chi connectivity index (χ1) is 9.78. The Hall–Kier alpha value is -1.62. The fourth-order valence-electron chi connectivity index (χ4n) is 2.52. The summed E-state index contributed by atoms with van der Waals surface area (Å²) >= 11 is 0. The van der Waals surface area contributed by atoms with Crippen LogP contribution in [0.2, 0.25) is 0 Å². The van der Waals surface area contributed by atoms with E-state index < -0.39 is 9.84 Å². The molecule has 5 heteroatoms. The summed E-state index contributed by atoms with van der Waals surface area (Å²) in [5, 5.41) is 0. The van der Waals surface area contributed by atoms with Crippen LogP contribution in [-0.2, 0) is 16.3 Å². The predicted molar refractivity (Wildman–Crippen MR) is 85.1 cm³/mol. The van der Waals surface area contributed by atoms with E-state index in [1.807, 2.05) is 12.1 Å².